The molecule has 1 aromatic carbocycles. The number of benzene rings is 1. The Morgan fingerprint density at radius 2 is 2.18 bits per heavy atom. The van der Waals surface area contributed by atoms with Crippen LogP contribution in [0.2, 0.25) is 0 Å². The zero-order valence-corrected chi connectivity index (χ0v) is 9.84. The Kier molecular flexibility index (Phi) is 3.18. The number of anilines is 1. The first-order valence-electron chi connectivity index (χ1n) is 5.39. The maximum absolute atomic E-state index is 5.75. The highest BCUT2D eigenvalue weighted by Gasteiger charge is 2.08. The molecule has 0 saturated heterocycles. The second kappa shape index (κ2) is 4.78. The maximum atomic E-state index is 5.75. The van der Waals surface area contributed by atoms with Gasteiger partial charge in [0.05, 0.1) is 6.61 Å². The number of nitrogens with two attached hydrogens (primary N) is 1. The van der Waals surface area contributed by atoms with E-state index in [1.807, 2.05) is 32.0 Å². The largest absolute Gasteiger partial charge is 0.494 e. The minimum absolute atomic E-state index is 0.378. The van der Waals surface area contributed by atoms with Crippen LogP contribution in [-0.2, 0) is 0 Å². The topological polar surface area (TPSA) is 73.9 Å². The summed E-state index contributed by atoms with van der Waals surface area (Å²) in [6.07, 6.45) is 1.33. The lowest BCUT2D eigenvalue weighted by Crippen LogP contribution is -1.99. The molecule has 0 saturated carbocycles. The lowest BCUT2D eigenvalue weighted by atomic mass is 10.1. The molecule has 0 bridgehead atoms. The first-order chi connectivity index (χ1) is 8.22. The Hall–Kier alpha value is -2.17. The molecule has 5 nitrogen and oxygen atoms in total. The van der Waals surface area contributed by atoms with Crippen LogP contribution in [0.3, 0.4) is 0 Å². The third kappa shape index (κ3) is 2.33. The first kappa shape index (κ1) is 11.3. The molecule has 0 radical (unpaired) electrons. The molecule has 0 fully saturated rings. The monoisotopic (exact) mass is 230 g/mol. The van der Waals surface area contributed by atoms with Crippen molar-refractivity contribution in [3.8, 4) is 17.0 Å². The number of ether oxygens (including phenoxy) is 1. The van der Waals surface area contributed by atoms with Crippen molar-refractivity contribution in [1.82, 2.24) is 15.2 Å². The van der Waals surface area contributed by atoms with E-state index in [0.717, 1.165) is 16.9 Å². The van der Waals surface area contributed by atoms with Crippen LogP contribution in [-0.4, -0.2) is 21.8 Å². The predicted octanol–water partition coefficient (Wildman–Crippen LogP) is 1.83. The first-order valence-corrected chi connectivity index (χ1v) is 5.39. The van der Waals surface area contributed by atoms with Gasteiger partial charge in [0.2, 0.25) is 0 Å². The van der Waals surface area contributed by atoms with E-state index in [2.05, 4.69) is 15.2 Å². The molecule has 0 aliphatic heterocycles. The van der Waals surface area contributed by atoms with Gasteiger partial charge in [-0.3, -0.25) is 0 Å². The van der Waals surface area contributed by atoms with Gasteiger partial charge in [0.1, 0.15) is 17.8 Å². The number of nitrogens with zero attached hydrogens (tertiary/aromatic N) is 3. The third-order valence-electron chi connectivity index (χ3n) is 2.40. The van der Waals surface area contributed by atoms with Crippen LogP contribution in [0.5, 0.6) is 5.75 Å². The van der Waals surface area contributed by atoms with Gasteiger partial charge in [-0.05, 0) is 37.6 Å². The van der Waals surface area contributed by atoms with E-state index in [0.29, 0.717) is 18.1 Å². The van der Waals surface area contributed by atoms with Gasteiger partial charge in [0.25, 0.3) is 0 Å². The molecule has 1 heterocycles. The van der Waals surface area contributed by atoms with Crippen LogP contribution < -0.4 is 10.5 Å². The van der Waals surface area contributed by atoms with Gasteiger partial charge in [-0.2, -0.15) is 0 Å². The lowest BCUT2D eigenvalue weighted by Gasteiger charge is -2.09. The summed E-state index contributed by atoms with van der Waals surface area (Å²) in [5.74, 6) is 1.25. The fraction of sp³-hybridized carbons (Fsp3) is 0.250. The van der Waals surface area contributed by atoms with Crippen LogP contribution >= 0.6 is 0 Å². The standard InChI is InChI=1S/C12H14N4O/c1-3-17-10-5-4-9(6-8(10)2)11-12(13)14-7-15-16-11/h4-7H,3H2,1-2H3,(H2,13,14,15). The molecule has 0 amide bonds. The van der Waals surface area contributed by atoms with Gasteiger partial charge in [-0.15, -0.1) is 10.2 Å². The van der Waals surface area contributed by atoms with Crippen LogP contribution in [0.1, 0.15) is 12.5 Å². The third-order valence-corrected chi connectivity index (χ3v) is 2.40. The summed E-state index contributed by atoms with van der Waals surface area (Å²) in [4.78, 5) is 3.92. The molecule has 5 heteroatoms. The van der Waals surface area contributed by atoms with Crippen molar-refractivity contribution in [1.29, 1.82) is 0 Å². The Bertz CT molecular complexity index is 528. The van der Waals surface area contributed by atoms with Crippen molar-refractivity contribution < 1.29 is 4.74 Å². The number of hydrogen-bond donors (Lipinski definition) is 1. The number of rotatable bonds is 3. The molecule has 0 aliphatic rings. The van der Waals surface area contributed by atoms with Crippen LogP contribution in [0, 0.1) is 6.92 Å². The van der Waals surface area contributed by atoms with Gasteiger partial charge in [-0.1, -0.05) is 0 Å². The number of hydrogen-bond acceptors (Lipinski definition) is 5. The second-order valence-corrected chi connectivity index (χ2v) is 3.61. The van der Waals surface area contributed by atoms with E-state index in [9.17, 15) is 0 Å². The quantitative estimate of drug-likeness (QED) is 0.870. The molecule has 2 rings (SSSR count). The molecule has 17 heavy (non-hydrogen) atoms. The van der Waals surface area contributed by atoms with E-state index in [4.69, 9.17) is 10.5 Å². The Morgan fingerprint density at radius 3 is 2.82 bits per heavy atom. The van der Waals surface area contributed by atoms with Crippen molar-refractivity contribution >= 4 is 5.82 Å². The zero-order chi connectivity index (χ0) is 12.3. The van der Waals surface area contributed by atoms with Crippen molar-refractivity contribution in [3.05, 3.63) is 30.1 Å². The SMILES string of the molecule is CCOc1ccc(-c2nncnc2N)cc1C. The molecule has 0 aliphatic carbocycles. The number of aromatic nitrogens is 3. The molecular formula is C12H14N4O. The summed E-state index contributed by atoms with van der Waals surface area (Å²) in [7, 11) is 0. The minimum atomic E-state index is 0.378. The van der Waals surface area contributed by atoms with Crippen molar-refractivity contribution in [2.75, 3.05) is 12.3 Å². The average molecular weight is 230 g/mol. The van der Waals surface area contributed by atoms with Crippen LogP contribution in [0.15, 0.2) is 24.5 Å². The normalized spacial score (nSPS) is 10.2. The fourth-order valence-electron chi connectivity index (χ4n) is 1.60. The summed E-state index contributed by atoms with van der Waals surface area (Å²) in [6, 6.07) is 5.77. The summed E-state index contributed by atoms with van der Waals surface area (Å²) >= 11 is 0. The molecule has 0 spiro atoms. The van der Waals surface area contributed by atoms with Gasteiger partial charge in [-0.25, -0.2) is 4.98 Å². The van der Waals surface area contributed by atoms with Crippen LogP contribution in [0.25, 0.3) is 11.3 Å². The summed E-state index contributed by atoms with van der Waals surface area (Å²) in [5, 5.41) is 7.72. The van der Waals surface area contributed by atoms with Gasteiger partial charge in [0, 0.05) is 5.56 Å². The Labute approximate surface area is 99.7 Å². The van der Waals surface area contributed by atoms with Crippen molar-refractivity contribution in [3.63, 3.8) is 0 Å². The molecular weight excluding hydrogens is 216 g/mol. The summed E-state index contributed by atoms with van der Waals surface area (Å²) in [5.41, 5.74) is 8.28. The van der Waals surface area contributed by atoms with E-state index in [1.165, 1.54) is 6.33 Å². The number of aryl methyl sites for hydroxylation is 1. The Balaban J connectivity index is 2.41. The second-order valence-electron chi connectivity index (χ2n) is 3.61. The smallest absolute Gasteiger partial charge is 0.153 e. The molecule has 2 aromatic rings. The van der Waals surface area contributed by atoms with E-state index >= 15 is 0 Å². The van der Waals surface area contributed by atoms with Gasteiger partial charge < -0.3 is 10.5 Å². The summed E-state index contributed by atoms with van der Waals surface area (Å²) < 4.78 is 5.47. The average Bonchev–Trinajstić information content (AvgIpc) is 2.33. The molecule has 1 aromatic heterocycles. The fourth-order valence-corrected chi connectivity index (χ4v) is 1.60. The van der Waals surface area contributed by atoms with E-state index < -0.39 is 0 Å². The molecule has 0 atom stereocenters. The molecule has 88 valence electrons. The van der Waals surface area contributed by atoms with Gasteiger partial charge in [0.15, 0.2) is 5.82 Å². The molecule has 0 unspecified atom stereocenters. The van der Waals surface area contributed by atoms with Crippen molar-refractivity contribution in [2.45, 2.75) is 13.8 Å². The Morgan fingerprint density at radius 1 is 1.35 bits per heavy atom. The number of nitrogen functional groups attached to an aromatic ring is 1. The van der Waals surface area contributed by atoms with Gasteiger partial charge >= 0.3 is 0 Å². The lowest BCUT2D eigenvalue weighted by molar-refractivity contribution is 0.338. The highest BCUT2D eigenvalue weighted by atomic mass is 16.5. The molecule has 2 N–H and O–H groups in total. The summed E-state index contributed by atoms with van der Waals surface area (Å²) in [6.45, 7) is 4.58. The minimum Gasteiger partial charge on any atom is -0.494 e. The maximum Gasteiger partial charge on any atom is 0.153 e. The highest BCUT2D eigenvalue weighted by Crippen LogP contribution is 2.26. The van der Waals surface area contributed by atoms with Crippen molar-refractivity contribution in [2.24, 2.45) is 0 Å². The highest BCUT2D eigenvalue weighted by molar-refractivity contribution is 5.70. The van der Waals surface area contributed by atoms with E-state index in [1.54, 1.807) is 0 Å². The van der Waals surface area contributed by atoms with Crippen LogP contribution in [0.4, 0.5) is 5.82 Å². The zero-order valence-electron chi connectivity index (χ0n) is 9.84. The predicted molar refractivity (Wildman–Crippen MR) is 65.6 cm³/mol. The van der Waals surface area contributed by atoms with E-state index in [-0.39, 0.29) is 0 Å².